The number of halogens is 2. The van der Waals surface area contributed by atoms with Gasteiger partial charge in [0.1, 0.15) is 18.2 Å². The van der Waals surface area contributed by atoms with E-state index in [9.17, 15) is 23.2 Å². The zero-order valence-electron chi connectivity index (χ0n) is 12.4. The number of rotatable bonds is 3. The molecule has 1 saturated heterocycles. The maximum absolute atomic E-state index is 13.0. The van der Waals surface area contributed by atoms with Gasteiger partial charge in [0.25, 0.3) is 11.8 Å². The fourth-order valence-electron chi connectivity index (χ4n) is 2.30. The second-order valence-electron chi connectivity index (χ2n) is 5.29. The highest BCUT2D eigenvalue weighted by molar-refractivity contribution is 5.95. The quantitative estimate of drug-likeness (QED) is 0.818. The minimum atomic E-state index is -0.892. The molecular weight excluding hydrogens is 308 g/mol. The molecule has 0 saturated carbocycles. The van der Waals surface area contributed by atoms with Gasteiger partial charge in [0.2, 0.25) is 5.91 Å². The lowest BCUT2D eigenvalue weighted by molar-refractivity contribution is -0.135. The van der Waals surface area contributed by atoms with Crippen molar-refractivity contribution < 1.29 is 23.2 Å². The van der Waals surface area contributed by atoms with Crippen molar-refractivity contribution in [2.24, 2.45) is 0 Å². The molecule has 1 heterocycles. The Morgan fingerprint density at radius 3 is 2.43 bits per heavy atom. The van der Waals surface area contributed by atoms with Gasteiger partial charge in [-0.25, -0.2) is 8.78 Å². The van der Waals surface area contributed by atoms with E-state index in [1.54, 1.807) is 0 Å². The third-order valence-corrected chi connectivity index (χ3v) is 3.45. The van der Waals surface area contributed by atoms with Gasteiger partial charge in [0.05, 0.1) is 0 Å². The molecule has 2 N–H and O–H groups in total. The van der Waals surface area contributed by atoms with Crippen LogP contribution in [-0.4, -0.2) is 35.7 Å². The molecule has 23 heavy (non-hydrogen) atoms. The van der Waals surface area contributed by atoms with Gasteiger partial charge in [-0.1, -0.05) is 6.42 Å². The van der Waals surface area contributed by atoms with Crippen molar-refractivity contribution in [1.82, 2.24) is 15.8 Å². The van der Waals surface area contributed by atoms with Crippen molar-refractivity contribution in [3.05, 3.63) is 35.4 Å². The van der Waals surface area contributed by atoms with Gasteiger partial charge in [-0.2, -0.15) is 0 Å². The van der Waals surface area contributed by atoms with Crippen LogP contribution < -0.4 is 10.9 Å². The SMILES string of the molecule is O=C(CN1CCCCCC1=O)NNC(=O)c1cc(F)cc(F)c1. The molecule has 3 amide bonds. The van der Waals surface area contributed by atoms with Crippen molar-refractivity contribution in [1.29, 1.82) is 0 Å². The van der Waals surface area contributed by atoms with E-state index in [0.29, 0.717) is 19.0 Å². The number of hydrogen-bond donors (Lipinski definition) is 2. The summed E-state index contributed by atoms with van der Waals surface area (Å²) in [5.41, 5.74) is 3.94. The van der Waals surface area contributed by atoms with E-state index in [-0.39, 0.29) is 18.0 Å². The number of carbonyl (C=O) groups is 3. The van der Waals surface area contributed by atoms with Crippen LogP contribution >= 0.6 is 0 Å². The van der Waals surface area contributed by atoms with Crippen LogP contribution in [0.15, 0.2) is 18.2 Å². The monoisotopic (exact) mass is 325 g/mol. The van der Waals surface area contributed by atoms with Gasteiger partial charge < -0.3 is 4.90 Å². The molecule has 0 spiro atoms. The lowest BCUT2D eigenvalue weighted by Gasteiger charge is -2.19. The molecule has 0 bridgehead atoms. The van der Waals surface area contributed by atoms with Crippen molar-refractivity contribution in [2.45, 2.75) is 25.7 Å². The average molecular weight is 325 g/mol. The molecule has 2 rings (SSSR count). The highest BCUT2D eigenvalue weighted by Gasteiger charge is 2.19. The van der Waals surface area contributed by atoms with Crippen LogP contribution in [0.3, 0.4) is 0 Å². The van der Waals surface area contributed by atoms with Crippen LogP contribution in [0.25, 0.3) is 0 Å². The first-order chi connectivity index (χ1) is 11.0. The first-order valence-corrected chi connectivity index (χ1v) is 7.29. The summed E-state index contributed by atoms with van der Waals surface area (Å²) in [6.45, 7) is 0.325. The van der Waals surface area contributed by atoms with Crippen LogP contribution in [0.4, 0.5) is 8.78 Å². The van der Waals surface area contributed by atoms with Crippen molar-refractivity contribution in [3.63, 3.8) is 0 Å². The van der Waals surface area contributed by atoms with Gasteiger partial charge in [0, 0.05) is 24.6 Å². The molecule has 0 radical (unpaired) electrons. The number of amides is 3. The lowest BCUT2D eigenvalue weighted by atomic mass is 10.2. The van der Waals surface area contributed by atoms with E-state index >= 15 is 0 Å². The standard InChI is InChI=1S/C15H17F2N3O3/c16-11-6-10(7-12(17)8-11)15(23)19-18-13(21)9-20-5-3-1-2-4-14(20)22/h6-8H,1-5,9H2,(H,18,21)(H,19,23). The zero-order valence-corrected chi connectivity index (χ0v) is 12.4. The normalized spacial score (nSPS) is 15.0. The predicted octanol–water partition coefficient (Wildman–Crippen LogP) is 1.13. The predicted molar refractivity (Wildman–Crippen MR) is 77.0 cm³/mol. The Labute approximate surface area is 131 Å². The number of carbonyl (C=O) groups excluding carboxylic acids is 3. The smallest absolute Gasteiger partial charge is 0.269 e. The highest BCUT2D eigenvalue weighted by atomic mass is 19.1. The first kappa shape index (κ1) is 16.9. The third kappa shape index (κ3) is 5.01. The average Bonchev–Trinajstić information content (AvgIpc) is 2.69. The van der Waals surface area contributed by atoms with Crippen molar-refractivity contribution >= 4 is 17.7 Å². The Morgan fingerprint density at radius 1 is 1.04 bits per heavy atom. The second kappa shape index (κ2) is 7.66. The Kier molecular flexibility index (Phi) is 5.61. The Morgan fingerprint density at radius 2 is 1.74 bits per heavy atom. The molecule has 8 heteroatoms. The molecule has 1 aliphatic heterocycles. The molecule has 0 unspecified atom stereocenters. The van der Waals surface area contributed by atoms with Crippen LogP contribution in [-0.2, 0) is 9.59 Å². The highest BCUT2D eigenvalue weighted by Crippen LogP contribution is 2.10. The summed E-state index contributed by atoms with van der Waals surface area (Å²) in [6, 6.07) is 2.34. The molecule has 1 fully saturated rings. The molecular formula is C15H17F2N3O3. The number of benzene rings is 1. The summed E-state index contributed by atoms with van der Waals surface area (Å²) in [4.78, 5) is 36.7. The maximum atomic E-state index is 13.0. The fourth-order valence-corrected chi connectivity index (χ4v) is 2.30. The van der Waals surface area contributed by atoms with Gasteiger partial charge in [-0.3, -0.25) is 25.2 Å². The third-order valence-electron chi connectivity index (χ3n) is 3.45. The number of nitrogens with zero attached hydrogens (tertiary/aromatic N) is 1. The van der Waals surface area contributed by atoms with E-state index in [1.807, 2.05) is 0 Å². The van der Waals surface area contributed by atoms with Crippen LogP contribution in [0.2, 0.25) is 0 Å². The molecule has 124 valence electrons. The largest absolute Gasteiger partial charge is 0.333 e. The second-order valence-corrected chi connectivity index (χ2v) is 5.29. The van der Waals surface area contributed by atoms with Gasteiger partial charge in [-0.15, -0.1) is 0 Å². The maximum Gasteiger partial charge on any atom is 0.269 e. The van der Waals surface area contributed by atoms with Gasteiger partial charge >= 0.3 is 0 Å². The summed E-state index contributed by atoms with van der Waals surface area (Å²) in [5.74, 6) is -3.31. The van der Waals surface area contributed by atoms with E-state index < -0.39 is 23.4 Å². The molecule has 1 aromatic rings. The van der Waals surface area contributed by atoms with Crippen LogP contribution in [0.5, 0.6) is 0 Å². The van der Waals surface area contributed by atoms with Crippen LogP contribution in [0, 0.1) is 11.6 Å². The molecule has 0 atom stereocenters. The van der Waals surface area contributed by atoms with E-state index in [0.717, 1.165) is 31.4 Å². The number of hydrazine groups is 1. The van der Waals surface area contributed by atoms with Crippen LogP contribution in [0.1, 0.15) is 36.0 Å². The summed E-state index contributed by atoms with van der Waals surface area (Å²) >= 11 is 0. The lowest BCUT2D eigenvalue weighted by Crippen LogP contribution is -2.47. The number of hydrogen-bond acceptors (Lipinski definition) is 3. The number of likely N-dealkylation sites (tertiary alicyclic amines) is 1. The molecule has 0 aliphatic carbocycles. The summed E-state index contributed by atoms with van der Waals surface area (Å²) < 4.78 is 26.1. The fraction of sp³-hybridized carbons (Fsp3) is 0.400. The zero-order chi connectivity index (χ0) is 16.8. The Balaban J connectivity index is 1.86. The molecule has 1 aliphatic rings. The number of nitrogens with one attached hydrogen (secondary N) is 2. The van der Waals surface area contributed by atoms with Crippen molar-refractivity contribution in [3.8, 4) is 0 Å². The summed E-state index contributed by atoms with van der Waals surface area (Å²) in [6.07, 6.45) is 2.97. The van der Waals surface area contributed by atoms with Gasteiger partial charge in [0.15, 0.2) is 0 Å². The Hall–Kier alpha value is -2.51. The van der Waals surface area contributed by atoms with Gasteiger partial charge in [-0.05, 0) is 25.0 Å². The van der Waals surface area contributed by atoms with E-state index in [1.165, 1.54) is 4.90 Å². The first-order valence-electron chi connectivity index (χ1n) is 7.29. The summed E-state index contributed by atoms with van der Waals surface area (Å²) in [5, 5.41) is 0. The van der Waals surface area contributed by atoms with E-state index in [4.69, 9.17) is 0 Å². The minimum Gasteiger partial charge on any atom is -0.333 e. The van der Waals surface area contributed by atoms with Crippen molar-refractivity contribution in [2.75, 3.05) is 13.1 Å². The topological polar surface area (TPSA) is 78.5 Å². The summed E-state index contributed by atoms with van der Waals surface area (Å²) in [7, 11) is 0. The molecule has 0 aromatic heterocycles. The Bertz CT molecular complexity index is 602. The molecule has 6 nitrogen and oxygen atoms in total. The minimum absolute atomic E-state index is 0.101. The molecule has 1 aromatic carbocycles. The van der Waals surface area contributed by atoms with E-state index in [2.05, 4.69) is 10.9 Å².